The number of nitrogens with two attached hydrogens (primary N) is 1. The Morgan fingerprint density at radius 3 is 2.47 bits per heavy atom. The number of aromatic nitrogens is 2. The number of rotatable bonds is 1. The molecule has 0 aliphatic carbocycles. The molecule has 0 fully saturated rings. The summed E-state index contributed by atoms with van der Waals surface area (Å²) < 4.78 is 41.2. The fourth-order valence-electron chi connectivity index (χ4n) is 1.92. The Hall–Kier alpha value is -2.50. The highest BCUT2D eigenvalue weighted by Crippen LogP contribution is 2.23. The zero-order valence-electron chi connectivity index (χ0n) is 9.57. The Balaban J connectivity index is 2.28. The van der Waals surface area contributed by atoms with Crippen LogP contribution < -0.4 is 5.73 Å². The number of imidazole rings is 1. The molecule has 96 valence electrons. The molecule has 2 aromatic carbocycles. The summed E-state index contributed by atoms with van der Waals surface area (Å²) in [7, 11) is 0. The van der Waals surface area contributed by atoms with E-state index < -0.39 is 17.5 Å². The third kappa shape index (κ3) is 1.81. The van der Waals surface area contributed by atoms with Crippen LogP contribution in [-0.4, -0.2) is 9.55 Å². The van der Waals surface area contributed by atoms with E-state index in [9.17, 15) is 13.2 Å². The predicted molar refractivity (Wildman–Crippen MR) is 65.4 cm³/mol. The molecule has 2 N–H and O–H groups in total. The van der Waals surface area contributed by atoms with E-state index in [0.717, 1.165) is 6.07 Å². The van der Waals surface area contributed by atoms with Crippen molar-refractivity contribution in [1.82, 2.24) is 9.55 Å². The van der Waals surface area contributed by atoms with Gasteiger partial charge in [0.25, 0.3) is 0 Å². The lowest BCUT2D eigenvalue weighted by atomic mass is 10.2. The molecule has 6 heteroatoms. The van der Waals surface area contributed by atoms with Crippen LogP contribution in [0, 0.1) is 17.5 Å². The minimum Gasteiger partial charge on any atom is -0.399 e. The summed E-state index contributed by atoms with van der Waals surface area (Å²) >= 11 is 0. The van der Waals surface area contributed by atoms with Gasteiger partial charge < -0.3 is 5.73 Å². The molecule has 19 heavy (non-hydrogen) atoms. The highest BCUT2D eigenvalue weighted by atomic mass is 19.2. The monoisotopic (exact) mass is 263 g/mol. The molecule has 0 saturated carbocycles. The van der Waals surface area contributed by atoms with Gasteiger partial charge in [-0.1, -0.05) is 0 Å². The average molecular weight is 263 g/mol. The Labute approximate surface area is 106 Å². The SMILES string of the molecule is Nc1ccc2c(c1)ncn2-c1cc(F)c(F)cc1F. The van der Waals surface area contributed by atoms with Crippen molar-refractivity contribution in [3.63, 3.8) is 0 Å². The number of nitrogens with zero attached hydrogens (tertiary/aromatic N) is 2. The van der Waals surface area contributed by atoms with Gasteiger partial charge in [-0.15, -0.1) is 0 Å². The molecule has 0 unspecified atom stereocenters. The maximum Gasteiger partial charge on any atom is 0.161 e. The van der Waals surface area contributed by atoms with Gasteiger partial charge in [0, 0.05) is 17.8 Å². The molecule has 0 bridgehead atoms. The van der Waals surface area contributed by atoms with E-state index in [1.54, 1.807) is 18.2 Å². The van der Waals surface area contributed by atoms with Gasteiger partial charge in [0.15, 0.2) is 11.6 Å². The van der Waals surface area contributed by atoms with Crippen LogP contribution in [0.3, 0.4) is 0 Å². The van der Waals surface area contributed by atoms with E-state index in [4.69, 9.17) is 5.73 Å². The lowest BCUT2D eigenvalue weighted by Gasteiger charge is -2.06. The molecule has 0 aliphatic heterocycles. The second-order valence-corrected chi connectivity index (χ2v) is 4.08. The van der Waals surface area contributed by atoms with Gasteiger partial charge in [0.1, 0.15) is 12.1 Å². The van der Waals surface area contributed by atoms with Gasteiger partial charge in [-0.2, -0.15) is 0 Å². The van der Waals surface area contributed by atoms with Crippen molar-refractivity contribution in [3.05, 3.63) is 54.1 Å². The van der Waals surface area contributed by atoms with Crippen LogP contribution in [0.25, 0.3) is 16.7 Å². The molecule has 1 aromatic heterocycles. The second-order valence-electron chi connectivity index (χ2n) is 4.08. The smallest absolute Gasteiger partial charge is 0.161 e. The molecular formula is C13H8F3N3. The number of hydrogen-bond acceptors (Lipinski definition) is 2. The summed E-state index contributed by atoms with van der Waals surface area (Å²) in [6.45, 7) is 0. The van der Waals surface area contributed by atoms with E-state index in [-0.39, 0.29) is 5.69 Å². The lowest BCUT2D eigenvalue weighted by Crippen LogP contribution is -1.99. The normalized spacial score (nSPS) is 11.1. The third-order valence-electron chi connectivity index (χ3n) is 2.82. The first-order valence-electron chi connectivity index (χ1n) is 5.44. The molecule has 3 aromatic rings. The molecule has 1 heterocycles. The van der Waals surface area contributed by atoms with Crippen LogP contribution in [0.2, 0.25) is 0 Å². The fraction of sp³-hybridized carbons (Fsp3) is 0. The fourth-order valence-corrected chi connectivity index (χ4v) is 1.92. The maximum atomic E-state index is 13.7. The predicted octanol–water partition coefficient (Wildman–Crippen LogP) is 3.03. The van der Waals surface area contributed by atoms with Crippen LogP contribution in [0.5, 0.6) is 0 Å². The van der Waals surface area contributed by atoms with Crippen LogP contribution in [0.15, 0.2) is 36.7 Å². The van der Waals surface area contributed by atoms with E-state index in [1.165, 1.54) is 10.9 Å². The van der Waals surface area contributed by atoms with Crippen LogP contribution in [0.1, 0.15) is 0 Å². The summed E-state index contributed by atoms with van der Waals surface area (Å²) in [5.74, 6) is -3.21. The highest BCUT2D eigenvalue weighted by Gasteiger charge is 2.13. The largest absolute Gasteiger partial charge is 0.399 e. The highest BCUT2D eigenvalue weighted by molar-refractivity contribution is 5.80. The number of nitrogen functional groups attached to an aromatic ring is 1. The number of halogens is 3. The van der Waals surface area contributed by atoms with E-state index >= 15 is 0 Å². The quantitative estimate of drug-likeness (QED) is 0.541. The maximum absolute atomic E-state index is 13.7. The van der Waals surface area contributed by atoms with E-state index in [1.807, 2.05) is 0 Å². The molecule has 0 aliphatic rings. The second kappa shape index (κ2) is 4.01. The van der Waals surface area contributed by atoms with E-state index in [0.29, 0.717) is 22.8 Å². The summed E-state index contributed by atoms with van der Waals surface area (Å²) in [4.78, 5) is 4.05. The van der Waals surface area contributed by atoms with E-state index in [2.05, 4.69) is 4.98 Å². The van der Waals surface area contributed by atoms with Crippen molar-refractivity contribution < 1.29 is 13.2 Å². The minimum atomic E-state index is -1.23. The first-order chi connectivity index (χ1) is 9.06. The number of fused-ring (bicyclic) bond motifs is 1. The summed E-state index contributed by atoms with van der Waals surface area (Å²) in [5, 5.41) is 0. The third-order valence-corrected chi connectivity index (χ3v) is 2.82. The average Bonchev–Trinajstić information content (AvgIpc) is 2.76. The first kappa shape index (κ1) is 11.6. The van der Waals surface area contributed by atoms with Crippen molar-refractivity contribution in [3.8, 4) is 5.69 Å². The van der Waals surface area contributed by atoms with Crippen molar-refractivity contribution in [2.75, 3.05) is 5.73 Å². The van der Waals surface area contributed by atoms with Crippen LogP contribution in [0.4, 0.5) is 18.9 Å². The van der Waals surface area contributed by atoms with Crippen molar-refractivity contribution in [2.24, 2.45) is 0 Å². The lowest BCUT2D eigenvalue weighted by molar-refractivity contribution is 0.493. The first-order valence-corrected chi connectivity index (χ1v) is 5.44. The topological polar surface area (TPSA) is 43.8 Å². The molecule has 3 rings (SSSR count). The summed E-state index contributed by atoms with van der Waals surface area (Å²) in [6.07, 6.45) is 1.33. The molecule has 3 nitrogen and oxygen atoms in total. The van der Waals surface area contributed by atoms with Gasteiger partial charge in [0.05, 0.1) is 16.7 Å². The Kier molecular flexibility index (Phi) is 2.45. The molecule has 0 atom stereocenters. The van der Waals surface area contributed by atoms with Crippen molar-refractivity contribution in [1.29, 1.82) is 0 Å². The van der Waals surface area contributed by atoms with Gasteiger partial charge in [0.2, 0.25) is 0 Å². The van der Waals surface area contributed by atoms with Gasteiger partial charge in [-0.3, -0.25) is 4.57 Å². The van der Waals surface area contributed by atoms with Gasteiger partial charge in [-0.05, 0) is 18.2 Å². The zero-order chi connectivity index (χ0) is 13.6. The Morgan fingerprint density at radius 1 is 0.947 bits per heavy atom. The molecule has 0 saturated heterocycles. The molecular weight excluding hydrogens is 255 g/mol. The molecule has 0 radical (unpaired) electrons. The van der Waals surface area contributed by atoms with Crippen LogP contribution >= 0.6 is 0 Å². The summed E-state index contributed by atoms with van der Waals surface area (Å²) in [6, 6.07) is 6.18. The van der Waals surface area contributed by atoms with Gasteiger partial charge >= 0.3 is 0 Å². The van der Waals surface area contributed by atoms with Crippen molar-refractivity contribution in [2.45, 2.75) is 0 Å². The number of benzene rings is 2. The standard InChI is InChI=1S/C13H8F3N3/c14-8-4-10(16)13(5-9(8)15)19-6-18-11-3-7(17)1-2-12(11)19/h1-6H,17H2. The summed E-state index contributed by atoms with van der Waals surface area (Å²) in [5.41, 5.74) is 7.12. The minimum absolute atomic E-state index is 0.105. The molecule has 0 spiro atoms. The van der Waals surface area contributed by atoms with Crippen LogP contribution in [-0.2, 0) is 0 Å². The Bertz CT molecular complexity index is 780. The van der Waals surface area contributed by atoms with Gasteiger partial charge in [-0.25, -0.2) is 18.2 Å². The Morgan fingerprint density at radius 2 is 1.68 bits per heavy atom. The zero-order valence-corrected chi connectivity index (χ0v) is 9.57. The number of hydrogen-bond donors (Lipinski definition) is 1. The number of anilines is 1. The van der Waals surface area contributed by atoms with Crippen molar-refractivity contribution >= 4 is 16.7 Å². The molecule has 0 amide bonds.